The van der Waals surface area contributed by atoms with Gasteiger partial charge in [0.2, 0.25) is 5.82 Å². The van der Waals surface area contributed by atoms with Crippen molar-refractivity contribution in [3.05, 3.63) is 39.4 Å². The van der Waals surface area contributed by atoms with E-state index in [1.165, 1.54) is 23.0 Å². The Morgan fingerprint density at radius 2 is 2.00 bits per heavy atom. The summed E-state index contributed by atoms with van der Waals surface area (Å²) in [6, 6.07) is 0.757. The Kier molecular flexibility index (Phi) is 3.50. The van der Waals surface area contributed by atoms with Gasteiger partial charge in [-0.25, -0.2) is 9.18 Å². The first-order valence-corrected chi connectivity index (χ1v) is 4.31. The van der Waals surface area contributed by atoms with Crippen LogP contribution in [0.1, 0.15) is 10.4 Å². The van der Waals surface area contributed by atoms with Crippen LogP contribution < -0.4 is 0 Å². The number of benzene rings is 1. The molecular weight excluding hydrogens is 327 g/mol. The molecule has 0 aliphatic carbocycles. The molecule has 1 rings (SSSR count). The predicted molar refractivity (Wildman–Crippen MR) is 52.4 cm³/mol. The van der Waals surface area contributed by atoms with Crippen molar-refractivity contribution in [1.82, 2.24) is 0 Å². The van der Waals surface area contributed by atoms with E-state index in [0.717, 1.165) is 0 Å². The summed E-state index contributed by atoms with van der Waals surface area (Å²) < 4.78 is 29.9. The Bertz CT molecular complexity index is 437. The van der Waals surface area contributed by atoms with Crippen LogP contribution in [-0.4, -0.2) is 10.9 Å². The lowest BCUT2D eigenvalue weighted by atomic mass is 10.2. The van der Waals surface area contributed by atoms with Gasteiger partial charge in [-0.15, -0.1) is 0 Å². The number of hydrogen-bond donors (Lipinski definition) is 0. The zero-order valence-electron chi connectivity index (χ0n) is 6.87. The van der Waals surface area contributed by atoms with Crippen LogP contribution in [0.15, 0.2) is 12.1 Å². The standard InChI is InChI=1S/C7H2F2INO4/c8-4-2-5(9)6(11(13)14)1-3(4)7(12)15-10/h1-2H. The zero-order chi connectivity index (χ0) is 11.6. The van der Waals surface area contributed by atoms with Gasteiger partial charge in [-0.05, 0) is 0 Å². The molecular formula is C7H2F2INO4. The van der Waals surface area contributed by atoms with Gasteiger partial charge in [0.1, 0.15) is 11.4 Å². The van der Waals surface area contributed by atoms with Gasteiger partial charge >= 0.3 is 11.7 Å². The molecule has 0 saturated heterocycles. The van der Waals surface area contributed by atoms with Gasteiger partial charge in [-0.2, -0.15) is 4.39 Å². The summed E-state index contributed by atoms with van der Waals surface area (Å²) in [6.45, 7) is 0. The molecule has 0 unspecified atom stereocenters. The van der Waals surface area contributed by atoms with Gasteiger partial charge in [0.15, 0.2) is 23.0 Å². The minimum absolute atomic E-state index is 0.265. The highest BCUT2D eigenvalue weighted by atomic mass is 127. The first kappa shape index (κ1) is 11.8. The minimum Gasteiger partial charge on any atom is -0.391 e. The number of nitrogens with zero attached hydrogens (tertiary/aromatic N) is 1. The summed E-state index contributed by atoms with van der Waals surface area (Å²) in [4.78, 5) is 20.1. The monoisotopic (exact) mass is 329 g/mol. The van der Waals surface area contributed by atoms with E-state index in [4.69, 9.17) is 0 Å². The fraction of sp³-hybridized carbons (Fsp3) is 0. The molecule has 0 aromatic heterocycles. The van der Waals surface area contributed by atoms with Crippen molar-refractivity contribution in [2.24, 2.45) is 0 Å². The summed E-state index contributed by atoms with van der Waals surface area (Å²) in [5.74, 6) is -3.67. The van der Waals surface area contributed by atoms with E-state index < -0.39 is 33.8 Å². The molecule has 1 aromatic carbocycles. The van der Waals surface area contributed by atoms with Gasteiger partial charge in [0.25, 0.3) is 0 Å². The van der Waals surface area contributed by atoms with Crippen LogP contribution in [0.2, 0.25) is 0 Å². The lowest BCUT2D eigenvalue weighted by molar-refractivity contribution is -0.387. The van der Waals surface area contributed by atoms with E-state index in [1.54, 1.807) is 0 Å². The zero-order valence-corrected chi connectivity index (χ0v) is 9.03. The minimum atomic E-state index is -1.34. The van der Waals surface area contributed by atoms with Crippen LogP contribution in [0.5, 0.6) is 0 Å². The highest BCUT2D eigenvalue weighted by molar-refractivity contribution is 14.1. The van der Waals surface area contributed by atoms with Crippen molar-refractivity contribution in [1.29, 1.82) is 0 Å². The number of rotatable bonds is 2. The van der Waals surface area contributed by atoms with Gasteiger partial charge in [-0.1, -0.05) is 0 Å². The van der Waals surface area contributed by atoms with Gasteiger partial charge < -0.3 is 3.07 Å². The molecule has 0 fully saturated rings. The molecule has 0 N–H and O–H groups in total. The fourth-order valence-electron chi connectivity index (χ4n) is 0.875. The second-order valence-electron chi connectivity index (χ2n) is 2.41. The van der Waals surface area contributed by atoms with Crippen LogP contribution in [-0.2, 0) is 3.07 Å². The maximum Gasteiger partial charge on any atom is 0.350 e. The van der Waals surface area contributed by atoms with Crippen molar-refractivity contribution >= 4 is 34.7 Å². The van der Waals surface area contributed by atoms with Crippen molar-refractivity contribution in [2.75, 3.05) is 0 Å². The van der Waals surface area contributed by atoms with Crippen LogP contribution in [0.4, 0.5) is 14.5 Å². The molecule has 15 heavy (non-hydrogen) atoms. The second-order valence-corrected chi connectivity index (χ2v) is 2.85. The van der Waals surface area contributed by atoms with E-state index in [1.807, 2.05) is 0 Å². The molecule has 80 valence electrons. The summed E-state index contributed by atoms with van der Waals surface area (Å²) in [6.07, 6.45) is 0. The van der Waals surface area contributed by atoms with Crippen molar-refractivity contribution in [2.45, 2.75) is 0 Å². The second kappa shape index (κ2) is 4.47. The Morgan fingerprint density at radius 1 is 1.40 bits per heavy atom. The van der Waals surface area contributed by atoms with E-state index in [2.05, 4.69) is 3.07 Å². The van der Waals surface area contributed by atoms with Gasteiger partial charge in [-0.3, -0.25) is 10.1 Å². The molecule has 5 nitrogen and oxygen atoms in total. The average molecular weight is 329 g/mol. The Balaban J connectivity index is 3.36. The first-order chi connectivity index (χ1) is 6.97. The SMILES string of the molecule is O=C(OI)c1cc([N+](=O)[O-])c(F)cc1F. The molecule has 0 aliphatic heterocycles. The summed E-state index contributed by atoms with van der Waals surface area (Å²) in [5.41, 5.74) is -1.66. The van der Waals surface area contributed by atoms with Crippen LogP contribution >= 0.6 is 23.0 Å². The summed E-state index contributed by atoms with van der Waals surface area (Å²) in [5, 5.41) is 10.3. The Labute approximate surface area is 95.9 Å². The summed E-state index contributed by atoms with van der Waals surface area (Å²) in [7, 11) is 0. The van der Waals surface area contributed by atoms with Crippen LogP contribution in [0.25, 0.3) is 0 Å². The normalized spacial score (nSPS) is 9.80. The quantitative estimate of drug-likeness (QED) is 0.475. The molecule has 0 heterocycles. The maximum atomic E-state index is 13.0. The lowest BCUT2D eigenvalue weighted by Crippen LogP contribution is -2.04. The topological polar surface area (TPSA) is 69.4 Å². The van der Waals surface area contributed by atoms with Crippen LogP contribution in [0, 0.1) is 21.7 Å². The molecule has 0 spiro atoms. The highest BCUT2D eigenvalue weighted by Crippen LogP contribution is 2.22. The van der Waals surface area contributed by atoms with Crippen LogP contribution in [0.3, 0.4) is 0 Å². The fourth-order valence-corrected chi connectivity index (χ4v) is 1.11. The number of halogens is 3. The average Bonchev–Trinajstić information content (AvgIpc) is 2.16. The Morgan fingerprint density at radius 3 is 2.47 bits per heavy atom. The first-order valence-electron chi connectivity index (χ1n) is 3.43. The molecule has 0 aliphatic rings. The number of hydrogen-bond acceptors (Lipinski definition) is 4. The van der Waals surface area contributed by atoms with Gasteiger partial charge in [0, 0.05) is 12.1 Å². The molecule has 8 heteroatoms. The van der Waals surface area contributed by atoms with Crippen molar-refractivity contribution in [3.63, 3.8) is 0 Å². The molecule has 1 aromatic rings. The van der Waals surface area contributed by atoms with E-state index in [-0.39, 0.29) is 6.07 Å². The molecule has 0 saturated carbocycles. The molecule has 0 amide bonds. The smallest absolute Gasteiger partial charge is 0.350 e. The molecule has 0 radical (unpaired) electrons. The number of carbonyl (C=O) groups is 1. The number of nitro benzene ring substituents is 1. The predicted octanol–water partition coefficient (Wildman–Crippen LogP) is 2.38. The molecule has 0 atom stereocenters. The maximum absolute atomic E-state index is 13.0. The molecule has 0 bridgehead atoms. The highest BCUT2D eigenvalue weighted by Gasteiger charge is 2.22. The third kappa shape index (κ3) is 2.37. The third-order valence-corrected chi connectivity index (χ3v) is 1.92. The van der Waals surface area contributed by atoms with E-state index in [0.29, 0.717) is 6.07 Å². The van der Waals surface area contributed by atoms with Gasteiger partial charge in [0.05, 0.1) is 4.92 Å². The number of nitro groups is 1. The Hall–Kier alpha value is -1.32. The summed E-state index contributed by atoms with van der Waals surface area (Å²) >= 11 is 1.19. The third-order valence-electron chi connectivity index (χ3n) is 1.52. The lowest BCUT2D eigenvalue weighted by Gasteiger charge is -2.00. The van der Waals surface area contributed by atoms with E-state index in [9.17, 15) is 23.7 Å². The largest absolute Gasteiger partial charge is 0.391 e. The van der Waals surface area contributed by atoms with Crippen molar-refractivity contribution < 1.29 is 21.6 Å². The number of carbonyl (C=O) groups excluding carboxylic acids is 1. The van der Waals surface area contributed by atoms with Crippen molar-refractivity contribution in [3.8, 4) is 0 Å². The van der Waals surface area contributed by atoms with E-state index >= 15 is 0 Å².